The highest BCUT2D eigenvalue weighted by atomic mass is 16.2. The summed E-state index contributed by atoms with van der Waals surface area (Å²) in [4.78, 5) is 31.2. The highest BCUT2D eigenvalue weighted by Crippen LogP contribution is 2.10. The monoisotopic (exact) mass is 336 g/mol. The van der Waals surface area contributed by atoms with Crippen LogP contribution in [0.1, 0.15) is 11.3 Å². The van der Waals surface area contributed by atoms with Crippen LogP contribution in [0.25, 0.3) is 10.9 Å². The van der Waals surface area contributed by atoms with E-state index in [2.05, 4.69) is 20.6 Å². The standard InChI is InChI=1S/C19H20N4O2/c1-13-5-4-8-17(22-13)20-9-10-21-18(24)12-15-11-14-6-2-3-7-16(14)23-19(15)25/h2-8,11H,9-10,12H2,1H3,(H,20,22)(H,21,24)(H,23,25). The number of hydrogen-bond acceptors (Lipinski definition) is 4. The average Bonchev–Trinajstić information content (AvgIpc) is 2.59. The molecule has 3 rings (SSSR count). The highest BCUT2D eigenvalue weighted by Gasteiger charge is 2.08. The zero-order valence-corrected chi connectivity index (χ0v) is 14.0. The van der Waals surface area contributed by atoms with Crippen molar-refractivity contribution < 1.29 is 4.79 Å². The maximum absolute atomic E-state index is 12.1. The van der Waals surface area contributed by atoms with Gasteiger partial charge in [-0.2, -0.15) is 0 Å². The van der Waals surface area contributed by atoms with Crippen LogP contribution in [0.4, 0.5) is 5.82 Å². The minimum absolute atomic E-state index is 0.0584. The summed E-state index contributed by atoms with van der Waals surface area (Å²) in [7, 11) is 0. The van der Waals surface area contributed by atoms with E-state index in [9.17, 15) is 9.59 Å². The number of nitrogens with zero attached hydrogens (tertiary/aromatic N) is 1. The molecule has 2 aromatic heterocycles. The molecule has 0 radical (unpaired) electrons. The third-order valence-corrected chi connectivity index (χ3v) is 3.82. The third kappa shape index (κ3) is 4.44. The first-order valence-corrected chi connectivity index (χ1v) is 8.17. The molecule has 0 spiro atoms. The van der Waals surface area contributed by atoms with E-state index in [0.717, 1.165) is 22.4 Å². The van der Waals surface area contributed by atoms with Crippen LogP contribution in [0, 0.1) is 6.92 Å². The molecule has 1 aromatic carbocycles. The van der Waals surface area contributed by atoms with Gasteiger partial charge in [-0.15, -0.1) is 0 Å². The van der Waals surface area contributed by atoms with Gasteiger partial charge in [0.15, 0.2) is 0 Å². The highest BCUT2D eigenvalue weighted by molar-refractivity contribution is 5.82. The molecule has 0 saturated carbocycles. The van der Waals surface area contributed by atoms with Gasteiger partial charge in [0.2, 0.25) is 5.91 Å². The van der Waals surface area contributed by atoms with Crippen LogP contribution in [0.15, 0.2) is 53.3 Å². The van der Waals surface area contributed by atoms with Crippen LogP contribution in [-0.4, -0.2) is 29.0 Å². The molecule has 0 aliphatic rings. The van der Waals surface area contributed by atoms with Crippen molar-refractivity contribution in [2.45, 2.75) is 13.3 Å². The molecular weight excluding hydrogens is 316 g/mol. The number of H-pyrrole nitrogens is 1. The fourth-order valence-corrected chi connectivity index (χ4v) is 2.59. The smallest absolute Gasteiger partial charge is 0.252 e. The summed E-state index contributed by atoms with van der Waals surface area (Å²) in [6, 6.07) is 15.0. The first-order chi connectivity index (χ1) is 12.1. The van der Waals surface area contributed by atoms with E-state index in [1.165, 1.54) is 0 Å². The molecule has 0 unspecified atom stereocenters. The van der Waals surface area contributed by atoms with Gasteiger partial charge in [0.05, 0.1) is 6.42 Å². The summed E-state index contributed by atoms with van der Waals surface area (Å²) in [5.41, 5.74) is 1.94. The number of anilines is 1. The summed E-state index contributed by atoms with van der Waals surface area (Å²) < 4.78 is 0. The first kappa shape index (κ1) is 16.7. The average molecular weight is 336 g/mol. The van der Waals surface area contributed by atoms with E-state index in [-0.39, 0.29) is 17.9 Å². The largest absolute Gasteiger partial charge is 0.368 e. The Morgan fingerprint density at radius 3 is 2.80 bits per heavy atom. The summed E-state index contributed by atoms with van der Waals surface area (Å²) in [5, 5.41) is 6.87. The van der Waals surface area contributed by atoms with Gasteiger partial charge in [0, 0.05) is 29.9 Å². The number of hydrogen-bond donors (Lipinski definition) is 3. The van der Waals surface area contributed by atoms with Crippen molar-refractivity contribution in [3.05, 3.63) is 70.1 Å². The van der Waals surface area contributed by atoms with Crippen molar-refractivity contribution in [3.8, 4) is 0 Å². The normalized spacial score (nSPS) is 10.6. The van der Waals surface area contributed by atoms with Crippen molar-refractivity contribution in [2.24, 2.45) is 0 Å². The molecule has 0 aliphatic heterocycles. The number of pyridine rings is 2. The Hall–Kier alpha value is -3.15. The molecule has 0 aliphatic carbocycles. The number of carbonyl (C=O) groups excluding carboxylic acids is 1. The van der Waals surface area contributed by atoms with Crippen molar-refractivity contribution in [1.82, 2.24) is 15.3 Å². The molecule has 2 heterocycles. The number of aromatic nitrogens is 2. The third-order valence-electron chi connectivity index (χ3n) is 3.82. The molecule has 25 heavy (non-hydrogen) atoms. The summed E-state index contributed by atoms with van der Waals surface area (Å²) >= 11 is 0. The number of para-hydroxylation sites is 1. The number of nitrogens with one attached hydrogen (secondary N) is 3. The second kappa shape index (κ2) is 7.61. The van der Waals surface area contributed by atoms with Gasteiger partial charge in [-0.1, -0.05) is 24.3 Å². The fourth-order valence-electron chi connectivity index (χ4n) is 2.59. The van der Waals surface area contributed by atoms with Crippen LogP contribution in [0.5, 0.6) is 0 Å². The van der Waals surface area contributed by atoms with E-state index >= 15 is 0 Å². The summed E-state index contributed by atoms with van der Waals surface area (Å²) in [6.07, 6.45) is 0.0584. The van der Waals surface area contributed by atoms with Gasteiger partial charge in [-0.05, 0) is 36.6 Å². The summed E-state index contributed by atoms with van der Waals surface area (Å²) in [6.45, 7) is 2.95. The minimum Gasteiger partial charge on any atom is -0.368 e. The van der Waals surface area contributed by atoms with Crippen molar-refractivity contribution in [2.75, 3.05) is 18.4 Å². The molecule has 6 heteroatoms. The van der Waals surface area contributed by atoms with Crippen molar-refractivity contribution in [3.63, 3.8) is 0 Å². The van der Waals surface area contributed by atoms with Crippen LogP contribution >= 0.6 is 0 Å². The number of aromatic amines is 1. The minimum atomic E-state index is -0.226. The first-order valence-electron chi connectivity index (χ1n) is 8.17. The molecule has 0 atom stereocenters. The fraction of sp³-hybridized carbons (Fsp3) is 0.211. The van der Waals surface area contributed by atoms with Crippen molar-refractivity contribution in [1.29, 1.82) is 0 Å². The Morgan fingerprint density at radius 1 is 1.12 bits per heavy atom. The Bertz CT molecular complexity index is 949. The Morgan fingerprint density at radius 2 is 1.96 bits per heavy atom. The topological polar surface area (TPSA) is 86.9 Å². The van der Waals surface area contributed by atoms with Crippen LogP contribution in [0.2, 0.25) is 0 Å². The van der Waals surface area contributed by atoms with Crippen LogP contribution < -0.4 is 16.2 Å². The molecule has 0 saturated heterocycles. The van der Waals surface area contributed by atoms with E-state index in [1.807, 2.05) is 49.4 Å². The quantitative estimate of drug-likeness (QED) is 0.601. The van der Waals surface area contributed by atoms with Gasteiger partial charge in [-0.3, -0.25) is 9.59 Å². The second-order valence-corrected chi connectivity index (χ2v) is 5.83. The second-order valence-electron chi connectivity index (χ2n) is 5.83. The lowest BCUT2D eigenvalue weighted by atomic mass is 10.1. The lowest BCUT2D eigenvalue weighted by molar-refractivity contribution is -0.120. The number of amides is 1. The Labute approximate surface area is 145 Å². The zero-order valence-electron chi connectivity index (χ0n) is 14.0. The molecule has 0 bridgehead atoms. The van der Waals surface area contributed by atoms with Crippen LogP contribution in [0.3, 0.4) is 0 Å². The Balaban J connectivity index is 1.52. The number of benzene rings is 1. The predicted molar refractivity (Wildman–Crippen MR) is 98.7 cm³/mol. The number of carbonyl (C=O) groups is 1. The molecule has 3 aromatic rings. The van der Waals surface area contributed by atoms with Gasteiger partial charge in [0.1, 0.15) is 5.82 Å². The van der Waals surface area contributed by atoms with Crippen LogP contribution in [-0.2, 0) is 11.2 Å². The van der Waals surface area contributed by atoms with E-state index in [4.69, 9.17) is 0 Å². The summed E-state index contributed by atoms with van der Waals surface area (Å²) in [5.74, 6) is 0.597. The lowest BCUT2D eigenvalue weighted by Gasteiger charge is -2.08. The maximum atomic E-state index is 12.1. The lowest BCUT2D eigenvalue weighted by Crippen LogP contribution is -2.31. The van der Waals surface area contributed by atoms with E-state index in [1.54, 1.807) is 6.07 Å². The van der Waals surface area contributed by atoms with Gasteiger partial charge in [-0.25, -0.2) is 4.98 Å². The zero-order chi connectivity index (χ0) is 17.6. The van der Waals surface area contributed by atoms with Gasteiger partial charge >= 0.3 is 0 Å². The molecular formula is C19H20N4O2. The number of fused-ring (bicyclic) bond motifs is 1. The van der Waals surface area contributed by atoms with Gasteiger partial charge in [0.25, 0.3) is 5.56 Å². The number of aryl methyl sites for hydroxylation is 1. The number of rotatable bonds is 6. The van der Waals surface area contributed by atoms with E-state index in [0.29, 0.717) is 18.7 Å². The molecule has 128 valence electrons. The van der Waals surface area contributed by atoms with Crippen molar-refractivity contribution >= 4 is 22.6 Å². The van der Waals surface area contributed by atoms with Gasteiger partial charge < -0.3 is 15.6 Å². The Kier molecular flexibility index (Phi) is 5.09. The molecule has 3 N–H and O–H groups in total. The maximum Gasteiger partial charge on any atom is 0.252 e. The molecule has 0 fully saturated rings. The predicted octanol–water partition coefficient (Wildman–Crippen LogP) is 2.00. The molecule has 1 amide bonds. The van der Waals surface area contributed by atoms with E-state index < -0.39 is 0 Å². The SMILES string of the molecule is Cc1cccc(NCCNC(=O)Cc2cc3ccccc3[nH]c2=O)n1. The molecule has 6 nitrogen and oxygen atoms in total.